The second-order valence-electron chi connectivity index (χ2n) is 4.49. The van der Waals surface area contributed by atoms with E-state index in [2.05, 4.69) is 38.3 Å². The molecule has 0 aliphatic heterocycles. The Bertz CT molecular complexity index is 121. The van der Waals surface area contributed by atoms with Crippen molar-refractivity contribution in [3.63, 3.8) is 0 Å². The minimum atomic E-state index is 0.214. The summed E-state index contributed by atoms with van der Waals surface area (Å²) in [6, 6.07) is 0.437. The van der Waals surface area contributed by atoms with E-state index in [9.17, 15) is 0 Å². The smallest absolute Gasteiger partial charge is 0.0613 e. The standard InChI is InChI=1S/C10H24N2O/c1-9(8-13-5)11-6-7-12-10(2,3)4/h9,11-12H,6-8H2,1-5H3. The number of hydrogen-bond acceptors (Lipinski definition) is 3. The van der Waals surface area contributed by atoms with Crippen molar-refractivity contribution in [3.8, 4) is 0 Å². The Morgan fingerprint density at radius 3 is 2.31 bits per heavy atom. The normalized spacial score (nSPS) is 14.5. The van der Waals surface area contributed by atoms with Gasteiger partial charge < -0.3 is 15.4 Å². The highest BCUT2D eigenvalue weighted by molar-refractivity contribution is 4.71. The van der Waals surface area contributed by atoms with Crippen molar-refractivity contribution < 1.29 is 4.74 Å². The number of ether oxygens (including phenoxy) is 1. The summed E-state index contributed by atoms with van der Waals surface area (Å²) in [5.41, 5.74) is 0.214. The Hall–Kier alpha value is -0.120. The number of rotatable bonds is 6. The summed E-state index contributed by atoms with van der Waals surface area (Å²) >= 11 is 0. The quantitative estimate of drug-likeness (QED) is 0.610. The van der Waals surface area contributed by atoms with Crippen molar-refractivity contribution in [2.75, 3.05) is 26.8 Å². The van der Waals surface area contributed by atoms with Crippen LogP contribution < -0.4 is 10.6 Å². The molecule has 0 amide bonds. The Morgan fingerprint density at radius 1 is 1.23 bits per heavy atom. The predicted molar refractivity (Wildman–Crippen MR) is 57.1 cm³/mol. The molecule has 0 saturated carbocycles. The summed E-state index contributed by atoms with van der Waals surface area (Å²) in [6.07, 6.45) is 0. The molecule has 1 atom stereocenters. The highest BCUT2D eigenvalue weighted by atomic mass is 16.5. The van der Waals surface area contributed by atoms with E-state index in [0.717, 1.165) is 19.7 Å². The van der Waals surface area contributed by atoms with Crippen LogP contribution in [0.4, 0.5) is 0 Å². The molecule has 0 radical (unpaired) electrons. The third-order valence-electron chi connectivity index (χ3n) is 1.69. The third-order valence-corrected chi connectivity index (χ3v) is 1.69. The Labute approximate surface area is 82.2 Å². The van der Waals surface area contributed by atoms with E-state index >= 15 is 0 Å². The predicted octanol–water partition coefficient (Wildman–Crippen LogP) is 0.999. The minimum Gasteiger partial charge on any atom is -0.383 e. The molecule has 0 spiro atoms. The first-order chi connectivity index (χ1) is 5.95. The van der Waals surface area contributed by atoms with Gasteiger partial charge in [-0.15, -0.1) is 0 Å². The van der Waals surface area contributed by atoms with Gasteiger partial charge in [-0.25, -0.2) is 0 Å². The topological polar surface area (TPSA) is 33.3 Å². The van der Waals surface area contributed by atoms with E-state index < -0.39 is 0 Å². The zero-order valence-electron chi connectivity index (χ0n) is 9.61. The van der Waals surface area contributed by atoms with Crippen LogP contribution in [0.5, 0.6) is 0 Å². The zero-order valence-corrected chi connectivity index (χ0v) is 9.61. The summed E-state index contributed by atoms with van der Waals surface area (Å²) in [5.74, 6) is 0. The van der Waals surface area contributed by atoms with Gasteiger partial charge in [0.15, 0.2) is 0 Å². The van der Waals surface area contributed by atoms with Crippen LogP contribution in [0, 0.1) is 0 Å². The maximum Gasteiger partial charge on any atom is 0.0613 e. The minimum absolute atomic E-state index is 0.214. The SMILES string of the molecule is COCC(C)NCCNC(C)(C)C. The van der Waals surface area contributed by atoms with Crippen molar-refractivity contribution in [1.29, 1.82) is 0 Å². The van der Waals surface area contributed by atoms with Crippen molar-refractivity contribution in [2.45, 2.75) is 39.3 Å². The van der Waals surface area contributed by atoms with Crippen LogP contribution in [-0.2, 0) is 4.74 Å². The van der Waals surface area contributed by atoms with Crippen LogP contribution in [0.3, 0.4) is 0 Å². The van der Waals surface area contributed by atoms with Crippen LogP contribution in [0.1, 0.15) is 27.7 Å². The van der Waals surface area contributed by atoms with Gasteiger partial charge in [-0.05, 0) is 27.7 Å². The van der Waals surface area contributed by atoms with Gasteiger partial charge in [-0.1, -0.05) is 0 Å². The van der Waals surface area contributed by atoms with Crippen LogP contribution in [0.2, 0.25) is 0 Å². The van der Waals surface area contributed by atoms with Gasteiger partial charge in [-0.3, -0.25) is 0 Å². The fourth-order valence-electron chi connectivity index (χ4n) is 1.06. The molecule has 1 unspecified atom stereocenters. The van der Waals surface area contributed by atoms with Gasteiger partial charge in [0.25, 0.3) is 0 Å². The number of hydrogen-bond donors (Lipinski definition) is 2. The molecular weight excluding hydrogens is 164 g/mol. The Balaban J connectivity index is 3.25. The van der Waals surface area contributed by atoms with Crippen molar-refractivity contribution in [2.24, 2.45) is 0 Å². The molecule has 0 aromatic heterocycles. The lowest BCUT2D eigenvalue weighted by atomic mass is 10.1. The Morgan fingerprint density at radius 2 is 1.85 bits per heavy atom. The van der Waals surface area contributed by atoms with E-state index in [-0.39, 0.29) is 5.54 Å². The second-order valence-corrected chi connectivity index (χ2v) is 4.49. The number of methoxy groups -OCH3 is 1. The molecule has 3 heteroatoms. The van der Waals surface area contributed by atoms with Gasteiger partial charge in [0.2, 0.25) is 0 Å². The average Bonchev–Trinajstić information content (AvgIpc) is 1.97. The van der Waals surface area contributed by atoms with Crippen LogP contribution in [-0.4, -0.2) is 38.4 Å². The first-order valence-electron chi connectivity index (χ1n) is 4.93. The molecular formula is C10H24N2O. The van der Waals surface area contributed by atoms with Crippen LogP contribution in [0.15, 0.2) is 0 Å². The second kappa shape index (κ2) is 6.35. The summed E-state index contributed by atoms with van der Waals surface area (Å²) in [4.78, 5) is 0. The van der Waals surface area contributed by atoms with Gasteiger partial charge in [-0.2, -0.15) is 0 Å². The Kier molecular flexibility index (Phi) is 6.29. The van der Waals surface area contributed by atoms with E-state index in [0.29, 0.717) is 6.04 Å². The van der Waals surface area contributed by atoms with E-state index in [1.54, 1.807) is 7.11 Å². The fourth-order valence-corrected chi connectivity index (χ4v) is 1.06. The molecule has 0 saturated heterocycles. The molecule has 3 nitrogen and oxygen atoms in total. The first-order valence-corrected chi connectivity index (χ1v) is 4.93. The lowest BCUT2D eigenvalue weighted by Gasteiger charge is -2.21. The maximum atomic E-state index is 5.02. The maximum absolute atomic E-state index is 5.02. The van der Waals surface area contributed by atoms with Gasteiger partial charge in [0.1, 0.15) is 0 Å². The van der Waals surface area contributed by atoms with Crippen molar-refractivity contribution in [1.82, 2.24) is 10.6 Å². The summed E-state index contributed by atoms with van der Waals surface area (Å²) in [6.45, 7) is 11.4. The zero-order chi connectivity index (χ0) is 10.3. The number of nitrogens with one attached hydrogen (secondary N) is 2. The molecule has 0 bridgehead atoms. The van der Waals surface area contributed by atoms with E-state index in [1.165, 1.54) is 0 Å². The average molecular weight is 188 g/mol. The highest BCUT2D eigenvalue weighted by Crippen LogP contribution is 1.96. The van der Waals surface area contributed by atoms with Crippen LogP contribution in [0.25, 0.3) is 0 Å². The van der Waals surface area contributed by atoms with Crippen molar-refractivity contribution in [3.05, 3.63) is 0 Å². The molecule has 0 aliphatic carbocycles. The molecule has 0 aliphatic rings. The van der Waals surface area contributed by atoms with Crippen LogP contribution >= 0.6 is 0 Å². The molecule has 0 aromatic rings. The largest absolute Gasteiger partial charge is 0.383 e. The molecule has 0 rings (SSSR count). The van der Waals surface area contributed by atoms with Gasteiger partial charge in [0.05, 0.1) is 6.61 Å². The van der Waals surface area contributed by atoms with Crippen molar-refractivity contribution >= 4 is 0 Å². The molecule has 0 aromatic carbocycles. The first kappa shape index (κ1) is 12.9. The summed E-state index contributed by atoms with van der Waals surface area (Å²) < 4.78 is 5.02. The molecule has 0 fully saturated rings. The molecule has 0 heterocycles. The third kappa shape index (κ3) is 9.80. The lowest BCUT2D eigenvalue weighted by molar-refractivity contribution is 0.172. The summed E-state index contributed by atoms with van der Waals surface area (Å²) in [5, 5.41) is 6.78. The van der Waals surface area contributed by atoms with E-state index in [4.69, 9.17) is 4.74 Å². The fraction of sp³-hybridized carbons (Fsp3) is 1.00. The molecule has 2 N–H and O–H groups in total. The molecule has 13 heavy (non-hydrogen) atoms. The lowest BCUT2D eigenvalue weighted by Crippen LogP contribution is -2.42. The van der Waals surface area contributed by atoms with Gasteiger partial charge in [0, 0.05) is 31.8 Å². The van der Waals surface area contributed by atoms with E-state index in [1.807, 2.05) is 0 Å². The monoisotopic (exact) mass is 188 g/mol. The summed E-state index contributed by atoms with van der Waals surface area (Å²) in [7, 11) is 1.73. The molecule has 80 valence electrons. The van der Waals surface area contributed by atoms with Gasteiger partial charge >= 0.3 is 0 Å². The highest BCUT2D eigenvalue weighted by Gasteiger charge is 2.07.